The van der Waals surface area contributed by atoms with Crippen LogP contribution in [0.3, 0.4) is 0 Å². The lowest BCUT2D eigenvalue weighted by Gasteiger charge is -2.39. The zero-order valence-electron chi connectivity index (χ0n) is 13.6. The Balaban J connectivity index is 2.72. The number of carbonyl (C=O) groups excluding carboxylic acids is 3. The van der Waals surface area contributed by atoms with Gasteiger partial charge in [-0.15, -0.1) is 0 Å². The van der Waals surface area contributed by atoms with Crippen molar-refractivity contribution in [1.82, 2.24) is 9.96 Å². The van der Waals surface area contributed by atoms with Gasteiger partial charge < -0.3 is 14.5 Å². The average Bonchev–Trinajstić information content (AvgIpc) is 2.54. The summed E-state index contributed by atoms with van der Waals surface area (Å²) in [7, 11) is 3.92. The second kappa shape index (κ2) is 6.28. The van der Waals surface area contributed by atoms with Crippen molar-refractivity contribution >= 4 is 23.5 Å². The molecule has 128 valence electrons. The molecule has 0 bridgehead atoms. The van der Waals surface area contributed by atoms with E-state index >= 15 is 0 Å². The van der Waals surface area contributed by atoms with Crippen molar-refractivity contribution in [2.75, 3.05) is 21.2 Å². The summed E-state index contributed by atoms with van der Waals surface area (Å²) in [5, 5.41) is 14.0. The average molecular weight is 335 g/mol. The second-order valence-electron chi connectivity index (χ2n) is 5.27. The van der Waals surface area contributed by atoms with E-state index < -0.39 is 23.3 Å². The smallest absolute Gasteiger partial charge is 0.354 e. The highest BCUT2D eigenvalue weighted by Gasteiger charge is 2.61. The molecule has 1 aliphatic heterocycles. The van der Waals surface area contributed by atoms with Gasteiger partial charge in [-0.25, -0.2) is 9.59 Å². The number of hydroxylamine groups is 2. The van der Waals surface area contributed by atoms with Gasteiger partial charge in [0.2, 0.25) is 5.78 Å². The molecule has 1 aliphatic rings. The number of ether oxygens (including phenoxy) is 1. The van der Waals surface area contributed by atoms with Gasteiger partial charge in [0.05, 0.1) is 5.56 Å². The van der Waals surface area contributed by atoms with Crippen LogP contribution in [0.2, 0.25) is 0 Å². The third kappa shape index (κ3) is 2.38. The van der Waals surface area contributed by atoms with E-state index in [0.29, 0.717) is 0 Å². The quantitative estimate of drug-likeness (QED) is 0.220. The minimum Gasteiger partial charge on any atom is -0.423 e. The van der Waals surface area contributed by atoms with E-state index in [1.165, 1.54) is 40.3 Å². The summed E-state index contributed by atoms with van der Waals surface area (Å²) in [6.07, 6.45) is 0. The van der Waals surface area contributed by atoms with Crippen molar-refractivity contribution in [3.8, 4) is 5.75 Å². The van der Waals surface area contributed by atoms with Gasteiger partial charge in [0.25, 0.3) is 5.54 Å². The highest BCUT2D eigenvalue weighted by molar-refractivity contribution is 6.35. The zero-order valence-corrected chi connectivity index (χ0v) is 13.6. The number of esters is 1. The first-order chi connectivity index (χ1) is 11.3. The van der Waals surface area contributed by atoms with Gasteiger partial charge in [0.1, 0.15) is 18.6 Å². The largest absolute Gasteiger partial charge is 0.423 e. The third-order valence-corrected chi connectivity index (χ3v) is 3.59. The van der Waals surface area contributed by atoms with Gasteiger partial charge in [-0.05, 0) is 19.1 Å². The lowest BCUT2D eigenvalue weighted by Crippen LogP contribution is -2.69. The maximum absolute atomic E-state index is 13.0. The number of amides is 2. The molecule has 24 heavy (non-hydrogen) atoms. The fraction of sp³-hybridized carbons (Fsp3) is 0.333. The number of oxime groups is 1. The number of para-hydroxylation sites is 1. The molecule has 2 rings (SSSR count). The molecule has 1 unspecified atom stereocenters. The van der Waals surface area contributed by atoms with E-state index in [2.05, 4.69) is 9.99 Å². The Morgan fingerprint density at radius 1 is 1.29 bits per heavy atom. The number of urea groups is 1. The molecule has 0 saturated carbocycles. The predicted octanol–water partition coefficient (Wildman–Crippen LogP) is 0.922. The Morgan fingerprint density at radius 3 is 2.50 bits per heavy atom. The number of fused-ring (bicyclic) bond motifs is 1. The summed E-state index contributed by atoms with van der Waals surface area (Å²) in [4.78, 5) is 43.5. The van der Waals surface area contributed by atoms with Crippen LogP contribution in [0.5, 0.6) is 5.75 Å². The summed E-state index contributed by atoms with van der Waals surface area (Å²) in [6.45, 7) is 1.28. The standard InChI is InChI=1S/C15H17N3O6/c1-9(16-23-4)15(18(22)14(21)17(2)3)12(19)10-7-5-6-8-11(10)24-13(15)20/h5-8,22H,1-4H3. The molecule has 1 aromatic carbocycles. The number of hydrogen-bond acceptors (Lipinski definition) is 7. The summed E-state index contributed by atoms with van der Waals surface area (Å²) in [5.41, 5.74) is -2.67. The molecular weight excluding hydrogens is 318 g/mol. The number of rotatable bonds is 3. The molecule has 0 saturated heterocycles. The first-order valence-electron chi connectivity index (χ1n) is 6.93. The summed E-state index contributed by atoms with van der Waals surface area (Å²) in [6, 6.07) is 5.02. The van der Waals surface area contributed by atoms with Crippen LogP contribution < -0.4 is 4.74 Å². The van der Waals surface area contributed by atoms with Crippen LogP contribution in [0.25, 0.3) is 0 Å². The van der Waals surface area contributed by atoms with Gasteiger partial charge in [0.15, 0.2) is 0 Å². The van der Waals surface area contributed by atoms with Crippen molar-refractivity contribution in [3.05, 3.63) is 29.8 Å². The first-order valence-corrected chi connectivity index (χ1v) is 6.93. The first kappa shape index (κ1) is 17.4. The van der Waals surface area contributed by atoms with Gasteiger partial charge in [-0.1, -0.05) is 17.3 Å². The van der Waals surface area contributed by atoms with E-state index in [4.69, 9.17) is 4.74 Å². The van der Waals surface area contributed by atoms with Crippen molar-refractivity contribution in [1.29, 1.82) is 0 Å². The monoisotopic (exact) mass is 335 g/mol. The number of ketones is 1. The maximum atomic E-state index is 13.0. The minimum absolute atomic E-state index is 0.0193. The molecule has 2 amide bonds. The van der Waals surface area contributed by atoms with Crippen molar-refractivity contribution in [3.63, 3.8) is 0 Å². The van der Waals surface area contributed by atoms with Crippen LogP contribution in [-0.4, -0.2) is 65.4 Å². The molecule has 1 atom stereocenters. The molecular formula is C15H17N3O6. The summed E-state index contributed by atoms with van der Waals surface area (Å²) >= 11 is 0. The number of Topliss-reactive ketones (excluding diaryl/α,β-unsaturated/α-hetero) is 1. The SMILES string of the molecule is CON=C(C)C1(N(O)C(=O)N(C)C)C(=O)Oc2ccccc2C1=O. The Labute approximate surface area is 138 Å². The lowest BCUT2D eigenvalue weighted by atomic mass is 9.82. The van der Waals surface area contributed by atoms with Crippen LogP contribution >= 0.6 is 0 Å². The summed E-state index contributed by atoms with van der Waals surface area (Å²) < 4.78 is 5.17. The number of nitrogens with zero attached hydrogens (tertiary/aromatic N) is 3. The van der Waals surface area contributed by atoms with Crippen LogP contribution in [0.1, 0.15) is 17.3 Å². The van der Waals surface area contributed by atoms with Crippen molar-refractivity contribution in [2.24, 2.45) is 5.16 Å². The van der Waals surface area contributed by atoms with Crippen LogP contribution in [-0.2, 0) is 9.63 Å². The second-order valence-corrected chi connectivity index (χ2v) is 5.27. The van der Waals surface area contributed by atoms with Gasteiger partial charge in [-0.3, -0.25) is 10.0 Å². The molecule has 1 N–H and O–H groups in total. The summed E-state index contributed by atoms with van der Waals surface area (Å²) in [5.74, 6) is -1.95. The molecule has 0 aliphatic carbocycles. The van der Waals surface area contributed by atoms with Gasteiger partial charge in [0, 0.05) is 14.1 Å². The van der Waals surface area contributed by atoms with E-state index in [0.717, 1.165) is 4.90 Å². The highest BCUT2D eigenvalue weighted by Crippen LogP contribution is 2.34. The lowest BCUT2D eigenvalue weighted by molar-refractivity contribution is -0.159. The Kier molecular flexibility index (Phi) is 4.56. The molecule has 9 nitrogen and oxygen atoms in total. The molecule has 0 fully saturated rings. The predicted molar refractivity (Wildman–Crippen MR) is 82.0 cm³/mol. The van der Waals surface area contributed by atoms with Crippen molar-refractivity contribution < 1.29 is 29.2 Å². The molecule has 0 spiro atoms. The fourth-order valence-electron chi connectivity index (χ4n) is 2.39. The van der Waals surface area contributed by atoms with Crippen LogP contribution in [0.4, 0.5) is 4.79 Å². The Bertz CT molecular complexity index is 730. The Hall–Kier alpha value is -2.94. The molecule has 0 radical (unpaired) electrons. The number of carbonyl (C=O) groups is 3. The number of benzene rings is 1. The minimum atomic E-state index is -2.47. The number of hydrogen-bond donors (Lipinski definition) is 1. The molecule has 9 heteroatoms. The van der Waals surface area contributed by atoms with Crippen LogP contribution in [0.15, 0.2) is 29.4 Å². The van der Waals surface area contributed by atoms with Gasteiger partial charge in [-0.2, -0.15) is 5.06 Å². The third-order valence-electron chi connectivity index (χ3n) is 3.59. The molecule has 1 heterocycles. The van der Waals surface area contributed by atoms with E-state index in [1.54, 1.807) is 12.1 Å². The van der Waals surface area contributed by atoms with E-state index in [9.17, 15) is 19.6 Å². The highest BCUT2D eigenvalue weighted by atomic mass is 16.6. The molecule has 1 aromatic rings. The topological polar surface area (TPSA) is 109 Å². The maximum Gasteiger partial charge on any atom is 0.354 e. The van der Waals surface area contributed by atoms with Crippen molar-refractivity contribution in [2.45, 2.75) is 12.5 Å². The molecule has 0 aromatic heterocycles. The van der Waals surface area contributed by atoms with Gasteiger partial charge >= 0.3 is 12.0 Å². The van der Waals surface area contributed by atoms with Crippen LogP contribution in [0, 0.1) is 0 Å². The Morgan fingerprint density at radius 2 is 1.92 bits per heavy atom. The fourth-order valence-corrected chi connectivity index (χ4v) is 2.39. The van der Waals surface area contributed by atoms with E-state index in [-0.39, 0.29) is 22.1 Å². The zero-order chi connectivity index (χ0) is 18.1. The normalized spacial score (nSPS) is 20.1. The van der Waals surface area contributed by atoms with E-state index in [1.807, 2.05) is 0 Å².